The maximum atomic E-state index is 13.5. The second-order valence-corrected chi connectivity index (χ2v) is 6.39. The Hall–Kier alpha value is -2.95. The third kappa shape index (κ3) is 3.60. The fourth-order valence-electron chi connectivity index (χ4n) is 2.81. The summed E-state index contributed by atoms with van der Waals surface area (Å²) in [6.45, 7) is 0.976. The number of para-hydroxylation sites is 1. The molecule has 1 aliphatic rings. The molecule has 1 heterocycles. The minimum Gasteiger partial charge on any atom is -0.320 e. The van der Waals surface area contributed by atoms with E-state index in [4.69, 9.17) is 0 Å². The smallest absolute Gasteiger partial charge is 0.248 e. The van der Waals surface area contributed by atoms with Crippen LogP contribution in [-0.4, -0.2) is 15.7 Å². The molecule has 1 fully saturated rings. The maximum absolute atomic E-state index is 13.5. The molecule has 4 nitrogen and oxygen atoms in total. The van der Waals surface area contributed by atoms with Gasteiger partial charge < -0.3 is 5.32 Å². The summed E-state index contributed by atoms with van der Waals surface area (Å²) >= 11 is 0. The number of benzene rings is 2. The van der Waals surface area contributed by atoms with E-state index >= 15 is 0 Å². The summed E-state index contributed by atoms with van der Waals surface area (Å²) in [6, 6.07) is 12.1. The second-order valence-electron chi connectivity index (χ2n) is 6.39. The number of carbonyl (C=O) groups is 1. The lowest BCUT2D eigenvalue weighted by atomic mass is 10.1. The van der Waals surface area contributed by atoms with Crippen molar-refractivity contribution in [3.05, 3.63) is 66.1 Å². The van der Waals surface area contributed by atoms with Gasteiger partial charge in [0, 0.05) is 18.0 Å². The Balaban J connectivity index is 1.47. The molecule has 2 aromatic carbocycles. The van der Waals surface area contributed by atoms with Gasteiger partial charge in [0.15, 0.2) is 0 Å². The summed E-state index contributed by atoms with van der Waals surface area (Å²) in [5.41, 5.74) is 2.19. The van der Waals surface area contributed by atoms with Gasteiger partial charge in [-0.25, -0.2) is 4.39 Å². The number of nitrogens with zero attached hydrogens (tertiary/aromatic N) is 2. The number of fused-ring (bicyclic) bond motifs is 1. The van der Waals surface area contributed by atoms with Crippen molar-refractivity contribution in [1.82, 2.24) is 9.78 Å². The molecule has 0 spiro atoms. The van der Waals surface area contributed by atoms with Crippen LogP contribution in [0.1, 0.15) is 18.4 Å². The summed E-state index contributed by atoms with van der Waals surface area (Å²) in [4.78, 5) is 12.0. The monoisotopic (exact) mass is 335 g/mol. The van der Waals surface area contributed by atoms with E-state index in [2.05, 4.69) is 10.4 Å². The fraction of sp³-hybridized carbons (Fsp3) is 0.200. The summed E-state index contributed by atoms with van der Waals surface area (Å²) in [5, 5.41) is 8.04. The predicted octanol–water partition coefficient (Wildman–Crippen LogP) is 4.24. The molecule has 1 N–H and O–H groups in total. The van der Waals surface area contributed by atoms with E-state index in [0.717, 1.165) is 28.9 Å². The average molecular weight is 335 g/mol. The molecule has 0 aliphatic heterocycles. The molecule has 0 saturated heterocycles. The van der Waals surface area contributed by atoms with Gasteiger partial charge >= 0.3 is 0 Å². The van der Waals surface area contributed by atoms with Gasteiger partial charge in [-0.3, -0.25) is 9.48 Å². The van der Waals surface area contributed by atoms with Gasteiger partial charge in [-0.2, -0.15) is 5.10 Å². The number of hydrogen-bond acceptors (Lipinski definition) is 2. The number of carbonyl (C=O) groups excluding carboxylic acids is 1. The van der Waals surface area contributed by atoms with Crippen LogP contribution in [0.25, 0.3) is 17.0 Å². The SMILES string of the molecule is O=C(/C=C/c1ccc2c(cnn2CC2CC2)c1)Nc1ccccc1F. The van der Waals surface area contributed by atoms with E-state index in [0.29, 0.717) is 0 Å². The van der Waals surface area contributed by atoms with Crippen molar-refractivity contribution in [2.75, 3.05) is 5.32 Å². The molecule has 1 saturated carbocycles. The highest BCUT2D eigenvalue weighted by Crippen LogP contribution is 2.31. The highest BCUT2D eigenvalue weighted by Gasteiger charge is 2.22. The Bertz CT molecular complexity index is 956. The summed E-state index contributed by atoms with van der Waals surface area (Å²) in [5.74, 6) is -0.0480. The van der Waals surface area contributed by atoms with Gasteiger partial charge in [0.1, 0.15) is 5.82 Å². The van der Waals surface area contributed by atoms with Crippen LogP contribution in [0.2, 0.25) is 0 Å². The van der Waals surface area contributed by atoms with E-state index in [1.54, 1.807) is 18.2 Å². The minimum absolute atomic E-state index is 0.175. The van der Waals surface area contributed by atoms with Crippen LogP contribution in [0, 0.1) is 11.7 Å². The van der Waals surface area contributed by atoms with Crippen LogP contribution >= 0.6 is 0 Å². The molecule has 1 aliphatic carbocycles. The molecule has 0 atom stereocenters. The largest absolute Gasteiger partial charge is 0.320 e. The molecule has 25 heavy (non-hydrogen) atoms. The van der Waals surface area contributed by atoms with Crippen LogP contribution < -0.4 is 5.32 Å². The van der Waals surface area contributed by atoms with Gasteiger partial charge in [0.25, 0.3) is 0 Å². The third-order valence-electron chi connectivity index (χ3n) is 4.35. The molecule has 0 bridgehead atoms. The number of halogens is 1. The van der Waals surface area contributed by atoms with Crippen LogP contribution in [0.3, 0.4) is 0 Å². The summed E-state index contributed by atoms with van der Waals surface area (Å²) in [6.07, 6.45) is 7.56. The van der Waals surface area contributed by atoms with Gasteiger partial charge in [0.05, 0.1) is 17.4 Å². The molecule has 0 unspecified atom stereocenters. The van der Waals surface area contributed by atoms with E-state index in [9.17, 15) is 9.18 Å². The Morgan fingerprint density at radius 2 is 2.12 bits per heavy atom. The average Bonchev–Trinajstić information content (AvgIpc) is 3.34. The number of aromatic nitrogens is 2. The lowest BCUT2D eigenvalue weighted by Crippen LogP contribution is -2.08. The second kappa shape index (κ2) is 6.51. The van der Waals surface area contributed by atoms with E-state index in [-0.39, 0.29) is 11.6 Å². The van der Waals surface area contributed by atoms with Crippen molar-refractivity contribution in [3.8, 4) is 0 Å². The van der Waals surface area contributed by atoms with Crippen molar-refractivity contribution in [2.45, 2.75) is 19.4 Å². The first-order valence-corrected chi connectivity index (χ1v) is 8.38. The van der Waals surface area contributed by atoms with Crippen molar-refractivity contribution in [3.63, 3.8) is 0 Å². The Kier molecular flexibility index (Phi) is 4.06. The quantitative estimate of drug-likeness (QED) is 0.709. The zero-order chi connectivity index (χ0) is 17.2. The van der Waals surface area contributed by atoms with Crippen molar-refractivity contribution < 1.29 is 9.18 Å². The van der Waals surface area contributed by atoms with Crippen LogP contribution in [0.15, 0.2) is 54.7 Å². The topological polar surface area (TPSA) is 46.9 Å². The number of hydrogen-bond donors (Lipinski definition) is 1. The predicted molar refractivity (Wildman–Crippen MR) is 96.5 cm³/mol. The minimum atomic E-state index is -0.450. The van der Waals surface area contributed by atoms with Gasteiger partial charge in [-0.1, -0.05) is 18.2 Å². The van der Waals surface area contributed by atoms with Crippen LogP contribution in [0.5, 0.6) is 0 Å². The molecular formula is C20H18FN3O. The van der Waals surface area contributed by atoms with E-state index in [1.165, 1.54) is 31.1 Å². The van der Waals surface area contributed by atoms with Gasteiger partial charge in [0.2, 0.25) is 5.91 Å². The Labute approximate surface area is 145 Å². The van der Waals surface area contributed by atoms with Crippen molar-refractivity contribution in [2.24, 2.45) is 5.92 Å². The summed E-state index contributed by atoms with van der Waals surface area (Å²) < 4.78 is 15.6. The third-order valence-corrected chi connectivity index (χ3v) is 4.35. The zero-order valence-corrected chi connectivity index (χ0v) is 13.7. The first-order chi connectivity index (χ1) is 12.2. The fourth-order valence-corrected chi connectivity index (χ4v) is 2.81. The highest BCUT2D eigenvalue weighted by molar-refractivity contribution is 6.02. The number of amides is 1. The molecule has 5 heteroatoms. The lowest BCUT2D eigenvalue weighted by molar-refractivity contribution is -0.111. The van der Waals surface area contributed by atoms with Crippen LogP contribution in [0.4, 0.5) is 10.1 Å². The number of nitrogens with one attached hydrogen (secondary N) is 1. The van der Waals surface area contributed by atoms with Crippen molar-refractivity contribution in [1.29, 1.82) is 0 Å². The Morgan fingerprint density at radius 1 is 1.28 bits per heavy atom. The molecule has 0 radical (unpaired) electrons. The molecule has 3 aromatic rings. The number of anilines is 1. The van der Waals surface area contributed by atoms with Crippen molar-refractivity contribution >= 4 is 28.6 Å². The van der Waals surface area contributed by atoms with Crippen LogP contribution in [-0.2, 0) is 11.3 Å². The first kappa shape index (κ1) is 15.6. The molecule has 1 amide bonds. The number of rotatable bonds is 5. The van der Waals surface area contributed by atoms with Gasteiger partial charge in [-0.05, 0) is 54.7 Å². The highest BCUT2D eigenvalue weighted by atomic mass is 19.1. The Morgan fingerprint density at radius 3 is 2.92 bits per heavy atom. The molecule has 1 aromatic heterocycles. The van der Waals surface area contributed by atoms with Gasteiger partial charge in [-0.15, -0.1) is 0 Å². The zero-order valence-electron chi connectivity index (χ0n) is 13.7. The van der Waals surface area contributed by atoms with E-state index < -0.39 is 5.82 Å². The molecule has 126 valence electrons. The molecular weight excluding hydrogens is 317 g/mol. The lowest BCUT2D eigenvalue weighted by Gasteiger charge is -2.03. The standard InChI is InChI=1S/C20H18FN3O/c21-17-3-1-2-4-18(17)23-20(25)10-8-14-7-9-19-16(11-14)12-22-24(19)13-15-5-6-15/h1-4,7-12,15H,5-6,13H2,(H,23,25)/b10-8+. The first-order valence-electron chi connectivity index (χ1n) is 8.38. The molecule has 4 rings (SSSR count). The normalized spacial score (nSPS) is 14.3. The summed E-state index contributed by atoms with van der Waals surface area (Å²) in [7, 11) is 0. The maximum Gasteiger partial charge on any atom is 0.248 e. The van der Waals surface area contributed by atoms with E-state index in [1.807, 2.05) is 29.1 Å².